The summed E-state index contributed by atoms with van der Waals surface area (Å²) in [6, 6.07) is 0. The number of hydrogen-bond donors (Lipinski definition) is 2. The maximum absolute atomic E-state index is 10.7. The lowest BCUT2D eigenvalue weighted by molar-refractivity contribution is -0.105. The highest BCUT2D eigenvalue weighted by atomic mass is 16.1. The molecule has 1 amide bonds. The van der Waals surface area contributed by atoms with Crippen LogP contribution in [0.4, 0.5) is 5.82 Å². The van der Waals surface area contributed by atoms with Crippen molar-refractivity contribution in [1.29, 1.82) is 0 Å². The molecule has 0 spiro atoms. The number of nitrogens with one attached hydrogen (secondary N) is 2. The summed E-state index contributed by atoms with van der Waals surface area (Å²) in [5.74, 6) is 0.0116. The lowest BCUT2D eigenvalue weighted by Gasteiger charge is -1.91. The third-order valence-corrected chi connectivity index (χ3v) is 0.903. The van der Waals surface area contributed by atoms with Crippen LogP contribution in [0.15, 0.2) is 17.2 Å². The Hall–Kier alpha value is -1.65. The molecule has 1 heterocycles. The molecule has 0 bridgehead atoms. The van der Waals surface area contributed by atoms with Crippen LogP contribution >= 0.6 is 0 Å². The van der Waals surface area contributed by atoms with Crippen LogP contribution in [0.25, 0.3) is 0 Å². The zero-order valence-corrected chi connectivity index (χ0v) is 5.00. The Balaban J connectivity index is 3.03. The molecule has 0 fully saturated rings. The average molecular weight is 139 g/mol. The molecular weight excluding hydrogens is 134 g/mol. The van der Waals surface area contributed by atoms with Gasteiger partial charge >= 0.3 is 0 Å². The molecule has 0 radical (unpaired) electrons. The first kappa shape index (κ1) is 6.47. The van der Waals surface area contributed by atoms with Crippen molar-refractivity contribution >= 4 is 12.2 Å². The summed E-state index contributed by atoms with van der Waals surface area (Å²) in [7, 11) is 0. The number of amides is 1. The molecule has 0 atom stereocenters. The molecule has 1 rings (SSSR count). The number of hydrogen-bond acceptors (Lipinski definition) is 3. The molecule has 0 saturated heterocycles. The predicted octanol–water partition coefficient (Wildman–Crippen LogP) is -0.662. The van der Waals surface area contributed by atoms with E-state index >= 15 is 0 Å². The maximum Gasteiger partial charge on any atom is 0.291 e. The molecule has 1 aromatic heterocycles. The van der Waals surface area contributed by atoms with Crippen LogP contribution < -0.4 is 10.9 Å². The number of nitrogens with zero attached hydrogens (tertiary/aromatic N) is 1. The van der Waals surface area contributed by atoms with Crippen molar-refractivity contribution in [1.82, 2.24) is 9.97 Å². The molecule has 52 valence electrons. The van der Waals surface area contributed by atoms with Crippen LogP contribution in [0.5, 0.6) is 0 Å². The fourth-order valence-corrected chi connectivity index (χ4v) is 0.510. The second-order valence-electron chi connectivity index (χ2n) is 1.53. The van der Waals surface area contributed by atoms with Gasteiger partial charge in [-0.1, -0.05) is 0 Å². The summed E-state index contributed by atoms with van der Waals surface area (Å²) in [4.78, 5) is 26.4. The summed E-state index contributed by atoms with van der Waals surface area (Å²) in [6.07, 6.45) is 3.17. The Morgan fingerprint density at radius 1 is 1.70 bits per heavy atom. The van der Waals surface area contributed by atoms with Gasteiger partial charge in [-0.15, -0.1) is 0 Å². The highest BCUT2D eigenvalue weighted by molar-refractivity contribution is 5.67. The van der Waals surface area contributed by atoms with Gasteiger partial charge in [0.25, 0.3) is 5.56 Å². The van der Waals surface area contributed by atoms with Crippen molar-refractivity contribution in [2.45, 2.75) is 0 Å². The van der Waals surface area contributed by atoms with E-state index in [1.165, 1.54) is 12.4 Å². The van der Waals surface area contributed by atoms with Gasteiger partial charge in [0.05, 0.1) is 0 Å². The minimum absolute atomic E-state index is 0.0116. The summed E-state index contributed by atoms with van der Waals surface area (Å²) in [5, 5.41) is 2.14. The largest absolute Gasteiger partial charge is 0.324 e. The normalized spacial score (nSPS) is 8.80. The van der Waals surface area contributed by atoms with Crippen LogP contribution in [0.3, 0.4) is 0 Å². The fraction of sp³-hybridized carbons (Fsp3) is 0. The number of carbonyl (C=O) groups excluding carboxylic acids is 1. The Kier molecular flexibility index (Phi) is 1.79. The first-order valence-electron chi connectivity index (χ1n) is 2.58. The van der Waals surface area contributed by atoms with Gasteiger partial charge in [-0.2, -0.15) is 0 Å². The molecule has 0 unspecified atom stereocenters. The lowest BCUT2D eigenvalue weighted by atomic mass is 10.6. The topological polar surface area (TPSA) is 74.8 Å². The van der Waals surface area contributed by atoms with Crippen molar-refractivity contribution < 1.29 is 4.79 Å². The van der Waals surface area contributed by atoms with Gasteiger partial charge in [-0.25, -0.2) is 4.98 Å². The summed E-state index contributed by atoms with van der Waals surface area (Å²) in [5.41, 5.74) is -0.408. The molecule has 5 heteroatoms. The molecule has 1 aromatic rings. The quantitative estimate of drug-likeness (QED) is 0.534. The van der Waals surface area contributed by atoms with E-state index in [2.05, 4.69) is 15.3 Å². The van der Waals surface area contributed by atoms with Gasteiger partial charge < -0.3 is 10.3 Å². The summed E-state index contributed by atoms with van der Waals surface area (Å²) < 4.78 is 0. The Bertz CT molecular complexity index is 280. The number of anilines is 1. The number of H-pyrrole nitrogens is 1. The Morgan fingerprint density at radius 2 is 2.50 bits per heavy atom. The molecule has 0 aliphatic carbocycles. The van der Waals surface area contributed by atoms with E-state index in [9.17, 15) is 9.59 Å². The molecular formula is C5H5N3O2. The van der Waals surface area contributed by atoms with Crippen LogP contribution in [0.2, 0.25) is 0 Å². The van der Waals surface area contributed by atoms with Gasteiger partial charge in [0.1, 0.15) is 0 Å². The summed E-state index contributed by atoms with van der Waals surface area (Å²) in [6.45, 7) is 0. The second kappa shape index (κ2) is 2.77. The average Bonchev–Trinajstić information content (AvgIpc) is 1.94. The highest BCUT2D eigenvalue weighted by Gasteiger charge is 1.93. The zero-order chi connectivity index (χ0) is 7.40. The first-order valence-corrected chi connectivity index (χ1v) is 2.58. The Labute approximate surface area is 56.1 Å². The van der Waals surface area contributed by atoms with E-state index in [1.54, 1.807) is 0 Å². The highest BCUT2D eigenvalue weighted by Crippen LogP contribution is 1.84. The lowest BCUT2D eigenvalue weighted by Crippen LogP contribution is -2.13. The third kappa shape index (κ3) is 1.19. The maximum atomic E-state index is 10.7. The smallest absolute Gasteiger partial charge is 0.291 e. The number of aromatic amines is 1. The van der Waals surface area contributed by atoms with Gasteiger partial charge in [-0.05, 0) is 0 Å². The monoisotopic (exact) mass is 139 g/mol. The zero-order valence-electron chi connectivity index (χ0n) is 5.00. The number of aromatic nitrogens is 2. The van der Waals surface area contributed by atoms with Crippen molar-refractivity contribution in [2.24, 2.45) is 0 Å². The molecule has 0 aliphatic heterocycles. The van der Waals surface area contributed by atoms with Gasteiger partial charge in [-0.3, -0.25) is 9.59 Å². The van der Waals surface area contributed by atoms with E-state index in [1.807, 2.05) is 0 Å². The number of carbonyl (C=O) groups is 1. The van der Waals surface area contributed by atoms with Crippen LogP contribution in [-0.2, 0) is 4.79 Å². The van der Waals surface area contributed by atoms with Crippen molar-refractivity contribution in [2.75, 3.05) is 5.32 Å². The molecule has 0 aliphatic rings. The molecule has 2 N–H and O–H groups in total. The number of rotatable bonds is 2. The molecule has 10 heavy (non-hydrogen) atoms. The minimum atomic E-state index is -0.408. The van der Waals surface area contributed by atoms with Gasteiger partial charge in [0.15, 0.2) is 5.82 Å². The van der Waals surface area contributed by atoms with E-state index in [0.29, 0.717) is 6.41 Å². The van der Waals surface area contributed by atoms with E-state index in [-0.39, 0.29) is 5.82 Å². The summed E-state index contributed by atoms with van der Waals surface area (Å²) >= 11 is 0. The second-order valence-corrected chi connectivity index (χ2v) is 1.53. The van der Waals surface area contributed by atoms with E-state index in [4.69, 9.17) is 0 Å². The predicted molar refractivity (Wildman–Crippen MR) is 34.5 cm³/mol. The van der Waals surface area contributed by atoms with Gasteiger partial charge in [0, 0.05) is 12.4 Å². The van der Waals surface area contributed by atoms with E-state index < -0.39 is 5.56 Å². The van der Waals surface area contributed by atoms with Crippen LogP contribution in [0.1, 0.15) is 0 Å². The minimum Gasteiger partial charge on any atom is -0.324 e. The van der Waals surface area contributed by atoms with Crippen molar-refractivity contribution in [3.8, 4) is 0 Å². The first-order chi connectivity index (χ1) is 4.84. The van der Waals surface area contributed by atoms with Crippen LogP contribution in [0, 0.1) is 0 Å². The molecule has 5 nitrogen and oxygen atoms in total. The van der Waals surface area contributed by atoms with Crippen molar-refractivity contribution in [3.05, 3.63) is 22.7 Å². The third-order valence-electron chi connectivity index (χ3n) is 0.903. The van der Waals surface area contributed by atoms with Crippen molar-refractivity contribution in [3.63, 3.8) is 0 Å². The fourth-order valence-electron chi connectivity index (χ4n) is 0.510. The van der Waals surface area contributed by atoms with E-state index in [0.717, 1.165) is 0 Å². The van der Waals surface area contributed by atoms with Crippen LogP contribution in [-0.4, -0.2) is 16.4 Å². The molecule has 0 saturated carbocycles. The molecule has 0 aromatic carbocycles. The van der Waals surface area contributed by atoms with Gasteiger partial charge in [0.2, 0.25) is 6.41 Å². The standard InChI is InChI=1S/C5H5N3O2/c9-3-8-4-5(10)7-2-1-6-4/h1-3H,(H,7,10)(H,6,8,9). The SMILES string of the molecule is O=CNc1ncc[nH]c1=O. The Morgan fingerprint density at radius 3 is 3.10 bits per heavy atom.